The van der Waals surface area contributed by atoms with Crippen molar-refractivity contribution in [2.45, 2.75) is 57.1 Å². The molecule has 46 heavy (non-hydrogen) atoms. The first kappa shape index (κ1) is 34.5. The first-order chi connectivity index (χ1) is 22.0. The molecule has 0 aliphatic rings. The van der Waals surface area contributed by atoms with Crippen molar-refractivity contribution in [3.63, 3.8) is 0 Å². The molecule has 0 heterocycles. The Bertz CT molecular complexity index is 1720. The van der Waals surface area contributed by atoms with E-state index in [1.165, 1.54) is 24.1 Å². The molecule has 0 fully saturated rings. The van der Waals surface area contributed by atoms with E-state index in [2.05, 4.69) is 5.32 Å². The van der Waals surface area contributed by atoms with Gasteiger partial charge in [-0.2, -0.15) is 0 Å². The van der Waals surface area contributed by atoms with Gasteiger partial charge in [0.1, 0.15) is 18.3 Å². The van der Waals surface area contributed by atoms with Crippen LogP contribution in [0.4, 0.5) is 5.69 Å². The molecule has 0 spiro atoms. The number of nitrogens with one attached hydrogen (secondary N) is 1. The highest BCUT2D eigenvalue weighted by Gasteiger charge is 2.35. The number of nitrogens with zero attached hydrogens (tertiary/aromatic N) is 2. The molecular formula is C36H40ClN3O5S. The molecule has 2 atom stereocenters. The van der Waals surface area contributed by atoms with Crippen molar-refractivity contribution in [1.82, 2.24) is 10.2 Å². The molecule has 4 aromatic carbocycles. The van der Waals surface area contributed by atoms with Gasteiger partial charge in [0.25, 0.3) is 10.0 Å². The number of aryl methyl sites for hydroxylation is 1. The Morgan fingerprint density at radius 2 is 1.52 bits per heavy atom. The van der Waals surface area contributed by atoms with Gasteiger partial charge in [-0.25, -0.2) is 8.42 Å². The number of hydrogen-bond donors (Lipinski definition) is 1. The van der Waals surface area contributed by atoms with Crippen molar-refractivity contribution < 1.29 is 22.7 Å². The molecule has 0 radical (unpaired) electrons. The summed E-state index contributed by atoms with van der Waals surface area (Å²) in [5.74, 6) is -0.347. The van der Waals surface area contributed by atoms with Gasteiger partial charge in [-0.15, -0.1) is 0 Å². The van der Waals surface area contributed by atoms with Gasteiger partial charge in [0.15, 0.2) is 0 Å². The van der Waals surface area contributed by atoms with Gasteiger partial charge >= 0.3 is 0 Å². The number of rotatable bonds is 14. The van der Waals surface area contributed by atoms with E-state index < -0.39 is 28.5 Å². The quantitative estimate of drug-likeness (QED) is 0.169. The van der Waals surface area contributed by atoms with Crippen molar-refractivity contribution >= 4 is 39.1 Å². The summed E-state index contributed by atoms with van der Waals surface area (Å²) in [6, 6.07) is 28.3. The average Bonchev–Trinajstić information content (AvgIpc) is 3.06. The topological polar surface area (TPSA) is 96.0 Å². The van der Waals surface area contributed by atoms with E-state index in [0.29, 0.717) is 17.2 Å². The Hall–Kier alpha value is -4.34. The third kappa shape index (κ3) is 8.68. The minimum absolute atomic E-state index is 0.0168. The standard InChI is InChI=1S/C36H40ClN3O5S/c1-5-27(3)38-36(42)34(23-28-12-7-6-8-13-28)39(24-29-14-10-9-11-26(29)2)35(41)25-40(31-17-15-30(37)16-18-31)46(43,44)33-21-19-32(45-4)20-22-33/h6-22,27,34H,5,23-25H2,1-4H3,(H,38,42)/t27-,34-/m0/s1. The molecule has 10 heteroatoms. The van der Waals surface area contributed by atoms with Gasteiger partial charge in [0.2, 0.25) is 11.8 Å². The second-order valence-corrected chi connectivity index (χ2v) is 13.4. The summed E-state index contributed by atoms with van der Waals surface area (Å²) in [5, 5.41) is 3.47. The lowest BCUT2D eigenvalue weighted by molar-refractivity contribution is -0.140. The third-order valence-electron chi connectivity index (χ3n) is 7.91. The summed E-state index contributed by atoms with van der Waals surface area (Å²) in [4.78, 5) is 30.0. The van der Waals surface area contributed by atoms with Crippen molar-refractivity contribution in [2.24, 2.45) is 0 Å². The molecule has 0 unspecified atom stereocenters. The number of sulfonamides is 1. The number of methoxy groups -OCH3 is 1. The van der Waals surface area contributed by atoms with Crippen molar-refractivity contribution in [2.75, 3.05) is 18.0 Å². The van der Waals surface area contributed by atoms with Gasteiger partial charge < -0.3 is 15.0 Å². The predicted molar refractivity (Wildman–Crippen MR) is 183 cm³/mol. The lowest BCUT2D eigenvalue weighted by atomic mass is 10.0. The third-order valence-corrected chi connectivity index (χ3v) is 9.96. The van der Waals surface area contributed by atoms with Crippen molar-refractivity contribution in [3.8, 4) is 5.75 Å². The van der Waals surface area contributed by atoms with Crippen molar-refractivity contribution in [3.05, 3.63) is 125 Å². The normalized spacial score (nSPS) is 12.5. The second kappa shape index (κ2) is 15.8. The van der Waals surface area contributed by atoms with Crippen LogP contribution in [0.2, 0.25) is 5.02 Å². The summed E-state index contributed by atoms with van der Waals surface area (Å²) in [6.45, 7) is 5.38. The summed E-state index contributed by atoms with van der Waals surface area (Å²) in [7, 11) is -2.75. The van der Waals surface area contributed by atoms with E-state index >= 15 is 0 Å². The Kier molecular flexibility index (Phi) is 11.8. The Morgan fingerprint density at radius 1 is 0.891 bits per heavy atom. The number of anilines is 1. The van der Waals surface area contributed by atoms with Crippen LogP contribution < -0.4 is 14.4 Å². The average molecular weight is 662 g/mol. The zero-order valence-corrected chi connectivity index (χ0v) is 28.1. The SMILES string of the molecule is CC[C@H](C)NC(=O)[C@H](Cc1ccccc1)N(Cc1ccccc1C)C(=O)CN(c1ccc(Cl)cc1)S(=O)(=O)c1ccc(OC)cc1. The summed E-state index contributed by atoms with van der Waals surface area (Å²) < 4.78 is 34.6. The maximum Gasteiger partial charge on any atom is 0.264 e. The van der Waals surface area contributed by atoms with Gasteiger partial charge in [0.05, 0.1) is 17.7 Å². The van der Waals surface area contributed by atoms with Gasteiger partial charge in [-0.3, -0.25) is 13.9 Å². The zero-order chi connectivity index (χ0) is 33.3. The minimum atomic E-state index is -4.24. The van der Waals surface area contributed by atoms with E-state index in [-0.39, 0.29) is 35.5 Å². The highest BCUT2D eigenvalue weighted by atomic mass is 35.5. The molecule has 8 nitrogen and oxygen atoms in total. The molecule has 0 aliphatic carbocycles. The maximum atomic E-state index is 14.6. The van der Waals surface area contributed by atoms with E-state index in [4.69, 9.17) is 16.3 Å². The predicted octanol–water partition coefficient (Wildman–Crippen LogP) is 6.41. The molecule has 0 aromatic heterocycles. The number of carbonyl (C=O) groups is 2. The lowest BCUT2D eigenvalue weighted by Gasteiger charge is -2.34. The summed E-state index contributed by atoms with van der Waals surface area (Å²) in [5.41, 5.74) is 2.92. The number of halogens is 1. The Morgan fingerprint density at radius 3 is 2.13 bits per heavy atom. The fourth-order valence-electron chi connectivity index (χ4n) is 4.98. The van der Waals surface area contributed by atoms with Crippen LogP contribution in [-0.2, 0) is 32.6 Å². The number of amides is 2. The molecule has 2 amide bonds. The molecule has 0 saturated heterocycles. The molecule has 1 N–H and O–H groups in total. The van der Waals surface area contributed by atoms with E-state index in [0.717, 1.165) is 21.0 Å². The van der Waals surface area contributed by atoms with Crippen LogP contribution in [0.15, 0.2) is 108 Å². The van der Waals surface area contributed by atoms with Crippen LogP contribution in [0.3, 0.4) is 0 Å². The molecule has 242 valence electrons. The highest BCUT2D eigenvalue weighted by molar-refractivity contribution is 7.92. The number of benzene rings is 4. The minimum Gasteiger partial charge on any atom is -0.497 e. The van der Waals surface area contributed by atoms with E-state index in [9.17, 15) is 18.0 Å². The maximum absolute atomic E-state index is 14.6. The van der Waals surface area contributed by atoms with Gasteiger partial charge in [-0.05, 0) is 85.5 Å². The Balaban J connectivity index is 1.81. The van der Waals surface area contributed by atoms with Crippen LogP contribution in [0.1, 0.15) is 37.0 Å². The van der Waals surface area contributed by atoms with Crippen LogP contribution in [0, 0.1) is 6.92 Å². The first-order valence-electron chi connectivity index (χ1n) is 15.1. The molecule has 0 aliphatic heterocycles. The van der Waals surface area contributed by atoms with Crippen LogP contribution in [0.5, 0.6) is 5.75 Å². The fraction of sp³-hybridized carbons (Fsp3) is 0.278. The number of ether oxygens (including phenoxy) is 1. The first-order valence-corrected chi connectivity index (χ1v) is 17.0. The van der Waals surface area contributed by atoms with Gasteiger partial charge in [-0.1, -0.05) is 73.1 Å². The molecular weight excluding hydrogens is 622 g/mol. The second-order valence-electron chi connectivity index (χ2n) is 11.1. The smallest absolute Gasteiger partial charge is 0.264 e. The van der Waals surface area contributed by atoms with Crippen LogP contribution >= 0.6 is 11.6 Å². The zero-order valence-electron chi connectivity index (χ0n) is 26.5. The molecule has 4 aromatic rings. The van der Waals surface area contributed by atoms with Gasteiger partial charge in [0, 0.05) is 24.0 Å². The van der Waals surface area contributed by atoms with E-state index in [1.807, 2.05) is 75.4 Å². The van der Waals surface area contributed by atoms with Crippen LogP contribution in [-0.4, -0.2) is 50.9 Å². The summed E-state index contributed by atoms with van der Waals surface area (Å²) >= 11 is 6.15. The van der Waals surface area contributed by atoms with E-state index in [1.54, 1.807) is 36.4 Å². The highest BCUT2D eigenvalue weighted by Crippen LogP contribution is 2.27. The number of carbonyl (C=O) groups excluding carboxylic acids is 2. The molecule has 0 bridgehead atoms. The fourth-order valence-corrected chi connectivity index (χ4v) is 6.52. The molecule has 0 saturated carbocycles. The Labute approximate surface area is 277 Å². The van der Waals surface area contributed by atoms with Crippen molar-refractivity contribution in [1.29, 1.82) is 0 Å². The summed E-state index contributed by atoms with van der Waals surface area (Å²) in [6.07, 6.45) is 0.951. The monoisotopic (exact) mass is 661 g/mol. The largest absolute Gasteiger partial charge is 0.497 e. The number of hydrogen-bond acceptors (Lipinski definition) is 5. The molecule has 4 rings (SSSR count). The van der Waals surface area contributed by atoms with Crippen LogP contribution in [0.25, 0.3) is 0 Å². The lowest BCUT2D eigenvalue weighted by Crippen LogP contribution is -2.54.